The van der Waals surface area contributed by atoms with Crippen LogP contribution in [0, 0.1) is 0 Å². The molecule has 2 N–H and O–H groups in total. The van der Waals surface area contributed by atoms with Crippen molar-refractivity contribution in [3.8, 4) is 22.8 Å². The lowest BCUT2D eigenvalue weighted by atomic mass is 10.1. The Morgan fingerprint density at radius 3 is 2.03 bits per heavy atom. The van der Waals surface area contributed by atoms with Crippen molar-refractivity contribution in [3.63, 3.8) is 0 Å². The zero-order valence-electron chi connectivity index (χ0n) is 17.8. The molecule has 0 bridgehead atoms. The number of sulfonamides is 1. The highest BCUT2D eigenvalue weighted by atomic mass is 32.2. The minimum atomic E-state index is -3.49. The van der Waals surface area contributed by atoms with Gasteiger partial charge in [0.1, 0.15) is 17.2 Å². The van der Waals surface area contributed by atoms with Gasteiger partial charge in [0.2, 0.25) is 10.0 Å². The maximum atomic E-state index is 11.9. The molecule has 0 atom stereocenters. The normalized spacial score (nSPS) is 11.2. The van der Waals surface area contributed by atoms with E-state index in [0.29, 0.717) is 51.0 Å². The Bertz CT molecular complexity index is 1370. The Hall–Kier alpha value is -3.85. The van der Waals surface area contributed by atoms with Crippen LogP contribution in [0.2, 0.25) is 0 Å². The summed E-state index contributed by atoms with van der Waals surface area (Å²) in [5, 5.41) is 3.29. The molecule has 9 heteroatoms. The Kier molecular flexibility index (Phi) is 5.83. The van der Waals surface area contributed by atoms with Crippen LogP contribution >= 0.6 is 0 Å². The molecule has 1 aromatic heterocycles. The van der Waals surface area contributed by atoms with E-state index in [2.05, 4.69) is 10.0 Å². The SMILES string of the molecule is COc1cc(Nc2nc3ccccc3nc2-c2ccccc2NS(C)(=O)=O)cc(OC)c1. The van der Waals surface area contributed by atoms with Gasteiger partial charge in [0.05, 0.1) is 37.2 Å². The third-order valence-electron chi connectivity index (χ3n) is 4.66. The lowest BCUT2D eigenvalue weighted by Crippen LogP contribution is -2.11. The predicted octanol–water partition coefficient (Wildman–Crippen LogP) is 4.43. The molecule has 0 radical (unpaired) electrons. The van der Waals surface area contributed by atoms with E-state index in [1.807, 2.05) is 42.5 Å². The molecule has 0 amide bonds. The third-order valence-corrected chi connectivity index (χ3v) is 5.25. The first kappa shape index (κ1) is 21.4. The van der Waals surface area contributed by atoms with Gasteiger partial charge < -0.3 is 14.8 Å². The molecule has 1 heterocycles. The summed E-state index contributed by atoms with van der Waals surface area (Å²) in [6.45, 7) is 0. The fraction of sp³-hybridized carbons (Fsp3) is 0.130. The van der Waals surface area contributed by atoms with Crippen LogP contribution in [-0.4, -0.2) is 38.9 Å². The van der Waals surface area contributed by atoms with Crippen LogP contribution in [-0.2, 0) is 10.0 Å². The van der Waals surface area contributed by atoms with Gasteiger partial charge in [-0.05, 0) is 18.2 Å². The Morgan fingerprint density at radius 1 is 0.812 bits per heavy atom. The molecule has 3 aromatic carbocycles. The van der Waals surface area contributed by atoms with Crippen molar-refractivity contribution < 1.29 is 17.9 Å². The van der Waals surface area contributed by atoms with Gasteiger partial charge in [0.25, 0.3) is 0 Å². The predicted molar refractivity (Wildman–Crippen MR) is 126 cm³/mol. The summed E-state index contributed by atoms with van der Waals surface area (Å²) < 4.78 is 37.1. The highest BCUT2D eigenvalue weighted by Crippen LogP contribution is 2.35. The summed E-state index contributed by atoms with van der Waals surface area (Å²) in [7, 11) is -0.339. The van der Waals surface area contributed by atoms with Crippen LogP contribution in [0.1, 0.15) is 0 Å². The number of anilines is 3. The largest absolute Gasteiger partial charge is 0.497 e. The summed E-state index contributed by atoms with van der Waals surface area (Å²) >= 11 is 0. The number of hydrogen-bond acceptors (Lipinski definition) is 7. The van der Waals surface area contributed by atoms with E-state index < -0.39 is 10.0 Å². The molecule has 0 fully saturated rings. The minimum absolute atomic E-state index is 0.408. The maximum absolute atomic E-state index is 11.9. The van der Waals surface area contributed by atoms with Gasteiger partial charge in [-0.25, -0.2) is 18.4 Å². The van der Waals surface area contributed by atoms with Crippen molar-refractivity contribution in [2.45, 2.75) is 0 Å². The molecule has 0 unspecified atom stereocenters. The lowest BCUT2D eigenvalue weighted by molar-refractivity contribution is 0.395. The molecular formula is C23H22N4O4S. The van der Waals surface area contributed by atoms with Gasteiger partial charge in [-0.2, -0.15) is 0 Å². The van der Waals surface area contributed by atoms with E-state index in [9.17, 15) is 8.42 Å². The van der Waals surface area contributed by atoms with Crippen LogP contribution in [0.5, 0.6) is 11.5 Å². The summed E-state index contributed by atoms with van der Waals surface area (Å²) in [6.07, 6.45) is 1.11. The standard InChI is InChI=1S/C23H22N4O4S/c1-30-16-12-15(13-17(14-16)31-2)24-23-22(25-20-10-6-7-11-21(20)26-23)18-8-4-5-9-19(18)27-32(3,28)29/h4-14,27H,1-3H3,(H,24,26). The molecule has 4 aromatic rings. The van der Waals surface area contributed by atoms with Crippen LogP contribution < -0.4 is 19.5 Å². The number of benzene rings is 3. The Morgan fingerprint density at radius 2 is 1.41 bits per heavy atom. The second kappa shape index (κ2) is 8.72. The first-order chi connectivity index (χ1) is 15.4. The van der Waals surface area contributed by atoms with E-state index in [-0.39, 0.29) is 0 Å². The number of methoxy groups -OCH3 is 2. The molecule has 32 heavy (non-hydrogen) atoms. The van der Waals surface area contributed by atoms with Crippen LogP contribution in [0.4, 0.5) is 17.2 Å². The molecule has 0 saturated heterocycles. The number of nitrogens with zero attached hydrogens (tertiary/aromatic N) is 2. The Balaban J connectivity index is 1.90. The molecule has 0 aliphatic heterocycles. The first-order valence-corrected chi connectivity index (χ1v) is 11.6. The minimum Gasteiger partial charge on any atom is -0.497 e. The number of aromatic nitrogens is 2. The van der Waals surface area contributed by atoms with Gasteiger partial charge in [0, 0.05) is 29.4 Å². The van der Waals surface area contributed by atoms with Gasteiger partial charge in [-0.1, -0.05) is 30.3 Å². The number of ether oxygens (including phenoxy) is 2. The monoisotopic (exact) mass is 450 g/mol. The van der Waals surface area contributed by atoms with Gasteiger partial charge in [0.15, 0.2) is 5.82 Å². The quantitative estimate of drug-likeness (QED) is 0.429. The second-order valence-corrected chi connectivity index (χ2v) is 8.80. The smallest absolute Gasteiger partial charge is 0.229 e. The Labute approximate surface area is 186 Å². The van der Waals surface area contributed by atoms with Crippen LogP contribution in [0.3, 0.4) is 0 Å². The van der Waals surface area contributed by atoms with Crippen molar-refractivity contribution in [2.75, 3.05) is 30.5 Å². The topological polar surface area (TPSA) is 102 Å². The number of rotatable bonds is 7. The second-order valence-electron chi connectivity index (χ2n) is 7.06. The molecule has 8 nitrogen and oxygen atoms in total. The number of hydrogen-bond donors (Lipinski definition) is 2. The van der Waals surface area contributed by atoms with Crippen molar-refractivity contribution >= 4 is 38.2 Å². The molecular weight excluding hydrogens is 428 g/mol. The van der Waals surface area contributed by atoms with Crippen LogP contribution in [0.15, 0.2) is 66.7 Å². The molecule has 0 saturated carbocycles. The zero-order chi connectivity index (χ0) is 22.7. The summed E-state index contributed by atoms with van der Waals surface area (Å²) in [5.41, 5.74) is 3.56. The van der Waals surface area contributed by atoms with Crippen molar-refractivity contribution in [1.29, 1.82) is 0 Å². The molecule has 0 spiro atoms. The number of nitrogens with one attached hydrogen (secondary N) is 2. The highest BCUT2D eigenvalue weighted by Gasteiger charge is 2.17. The summed E-state index contributed by atoms with van der Waals surface area (Å²) in [4.78, 5) is 9.56. The van der Waals surface area contributed by atoms with Crippen molar-refractivity contribution in [1.82, 2.24) is 9.97 Å². The summed E-state index contributed by atoms with van der Waals surface area (Å²) in [5.74, 6) is 1.68. The fourth-order valence-corrected chi connectivity index (χ4v) is 3.85. The van der Waals surface area contributed by atoms with Crippen molar-refractivity contribution in [3.05, 3.63) is 66.7 Å². The van der Waals surface area contributed by atoms with E-state index in [1.54, 1.807) is 38.5 Å². The fourth-order valence-electron chi connectivity index (χ4n) is 3.27. The van der Waals surface area contributed by atoms with E-state index in [4.69, 9.17) is 19.4 Å². The van der Waals surface area contributed by atoms with E-state index in [1.165, 1.54) is 0 Å². The average molecular weight is 451 g/mol. The van der Waals surface area contributed by atoms with Gasteiger partial charge in [-0.3, -0.25) is 4.72 Å². The third kappa shape index (κ3) is 4.73. The van der Waals surface area contributed by atoms with Crippen molar-refractivity contribution in [2.24, 2.45) is 0 Å². The number of para-hydroxylation sites is 3. The molecule has 4 rings (SSSR count). The highest BCUT2D eigenvalue weighted by molar-refractivity contribution is 7.92. The molecule has 0 aliphatic carbocycles. The van der Waals surface area contributed by atoms with E-state index >= 15 is 0 Å². The average Bonchev–Trinajstić information content (AvgIpc) is 2.77. The van der Waals surface area contributed by atoms with Gasteiger partial charge in [-0.15, -0.1) is 0 Å². The molecule has 164 valence electrons. The maximum Gasteiger partial charge on any atom is 0.229 e. The van der Waals surface area contributed by atoms with Crippen LogP contribution in [0.25, 0.3) is 22.3 Å². The number of fused-ring (bicyclic) bond motifs is 1. The summed E-state index contributed by atoms with van der Waals surface area (Å²) in [6, 6.07) is 19.9. The first-order valence-electron chi connectivity index (χ1n) is 9.70. The van der Waals surface area contributed by atoms with E-state index in [0.717, 1.165) is 6.26 Å². The van der Waals surface area contributed by atoms with Gasteiger partial charge >= 0.3 is 0 Å². The zero-order valence-corrected chi connectivity index (χ0v) is 18.6. The lowest BCUT2D eigenvalue weighted by Gasteiger charge is -2.16. The molecule has 0 aliphatic rings.